The van der Waals surface area contributed by atoms with Crippen LogP contribution >= 0.6 is 0 Å². The van der Waals surface area contributed by atoms with Crippen LogP contribution in [0, 0.1) is 22.0 Å². The molecule has 1 aliphatic rings. The second-order valence-corrected chi connectivity index (χ2v) is 5.80. The third-order valence-corrected chi connectivity index (χ3v) is 4.24. The standard InChI is InChI=1S/C15H20N2O4/c1-10(2)11-6-8-16(9-7-11)14-12(15(18)19)4-3-5-13(14)17(20)21/h3-5,10-11H,6-9H2,1-2H3,(H,18,19). The van der Waals surface area contributed by atoms with Gasteiger partial charge in [-0.1, -0.05) is 19.9 Å². The Labute approximate surface area is 123 Å². The number of carboxylic acid groups (broad SMARTS) is 1. The number of nitro groups is 1. The van der Waals surface area contributed by atoms with Crippen LogP contribution in [-0.4, -0.2) is 29.1 Å². The minimum absolute atomic E-state index is 0.00666. The van der Waals surface area contributed by atoms with Gasteiger partial charge in [-0.25, -0.2) is 4.79 Å². The molecule has 0 spiro atoms. The van der Waals surface area contributed by atoms with Gasteiger partial charge in [0.2, 0.25) is 0 Å². The lowest BCUT2D eigenvalue weighted by Gasteiger charge is -2.35. The molecule has 2 rings (SSSR count). The van der Waals surface area contributed by atoms with E-state index in [1.807, 2.05) is 4.90 Å². The number of nitrogens with zero attached hydrogens (tertiary/aromatic N) is 2. The minimum Gasteiger partial charge on any atom is -0.478 e. The second kappa shape index (κ2) is 6.11. The van der Waals surface area contributed by atoms with Crippen molar-refractivity contribution in [2.45, 2.75) is 26.7 Å². The number of nitro benzene ring substituents is 1. The lowest BCUT2D eigenvalue weighted by atomic mass is 9.86. The number of aromatic carboxylic acids is 1. The van der Waals surface area contributed by atoms with Gasteiger partial charge >= 0.3 is 5.97 Å². The smallest absolute Gasteiger partial charge is 0.338 e. The summed E-state index contributed by atoms with van der Waals surface area (Å²) in [6, 6.07) is 4.22. The number of benzene rings is 1. The predicted molar refractivity (Wildman–Crippen MR) is 79.8 cm³/mol. The molecular formula is C15H20N2O4. The Kier molecular flexibility index (Phi) is 4.45. The first kappa shape index (κ1) is 15.3. The van der Waals surface area contributed by atoms with Crippen molar-refractivity contribution in [2.75, 3.05) is 18.0 Å². The van der Waals surface area contributed by atoms with Crippen molar-refractivity contribution in [3.05, 3.63) is 33.9 Å². The van der Waals surface area contributed by atoms with Crippen molar-refractivity contribution in [1.82, 2.24) is 0 Å². The number of anilines is 1. The predicted octanol–water partition coefficient (Wildman–Crippen LogP) is 3.17. The van der Waals surface area contributed by atoms with Gasteiger partial charge in [-0.3, -0.25) is 10.1 Å². The summed E-state index contributed by atoms with van der Waals surface area (Å²) in [6.45, 7) is 5.67. The average Bonchev–Trinajstić information content (AvgIpc) is 2.46. The van der Waals surface area contributed by atoms with Crippen LogP contribution in [-0.2, 0) is 0 Å². The van der Waals surface area contributed by atoms with Gasteiger partial charge in [0.25, 0.3) is 5.69 Å². The average molecular weight is 292 g/mol. The molecule has 6 heteroatoms. The van der Waals surface area contributed by atoms with Gasteiger partial charge in [0.15, 0.2) is 0 Å². The van der Waals surface area contributed by atoms with Gasteiger partial charge in [0.05, 0.1) is 10.5 Å². The SMILES string of the molecule is CC(C)C1CCN(c2c(C(=O)O)cccc2[N+](=O)[O-])CC1. The zero-order chi connectivity index (χ0) is 15.6. The molecule has 0 bridgehead atoms. The highest BCUT2D eigenvalue weighted by atomic mass is 16.6. The van der Waals surface area contributed by atoms with Crippen LogP contribution in [0.1, 0.15) is 37.0 Å². The van der Waals surface area contributed by atoms with Crippen molar-refractivity contribution < 1.29 is 14.8 Å². The molecule has 1 N–H and O–H groups in total. The summed E-state index contributed by atoms with van der Waals surface area (Å²) in [5.74, 6) is 0.0498. The van der Waals surface area contributed by atoms with Gasteiger partial charge < -0.3 is 10.0 Å². The highest BCUT2D eigenvalue weighted by molar-refractivity contribution is 5.97. The maximum Gasteiger partial charge on any atom is 0.338 e. The first-order valence-electron chi connectivity index (χ1n) is 7.17. The van der Waals surface area contributed by atoms with E-state index in [2.05, 4.69) is 13.8 Å². The lowest BCUT2D eigenvalue weighted by Crippen LogP contribution is -2.36. The molecule has 1 saturated heterocycles. The molecule has 1 fully saturated rings. The van der Waals surface area contributed by atoms with E-state index in [1.165, 1.54) is 18.2 Å². The monoisotopic (exact) mass is 292 g/mol. The molecule has 1 aromatic carbocycles. The molecule has 0 aromatic heterocycles. The van der Waals surface area contributed by atoms with Gasteiger partial charge in [-0.15, -0.1) is 0 Å². The summed E-state index contributed by atoms with van der Waals surface area (Å²) >= 11 is 0. The van der Waals surface area contributed by atoms with E-state index in [0.29, 0.717) is 24.9 Å². The first-order valence-corrected chi connectivity index (χ1v) is 7.17. The normalized spacial score (nSPS) is 16.2. The minimum atomic E-state index is -1.13. The summed E-state index contributed by atoms with van der Waals surface area (Å²) in [4.78, 5) is 23.9. The largest absolute Gasteiger partial charge is 0.478 e. The zero-order valence-corrected chi connectivity index (χ0v) is 12.3. The molecule has 114 valence electrons. The van der Waals surface area contributed by atoms with Crippen LogP contribution in [0.15, 0.2) is 18.2 Å². The van der Waals surface area contributed by atoms with Crippen molar-refractivity contribution in [3.8, 4) is 0 Å². The Balaban J connectivity index is 2.34. The summed E-state index contributed by atoms with van der Waals surface area (Å²) in [7, 11) is 0. The van der Waals surface area contributed by atoms with Crippen molar-refractivity contribution >= 4 is 17.3 Å². The van der Waals surface area contributed by atoms with E-state index in [-0.39, 0.29) is 16.9 Å². The van der Waals surface area contributed by atoms with E-state index in [4.69, 9.17) is 0 Å². The fourth-order valence-electron chi connectivity index (χ4n) is 2.97. The summed E-state index contributed by atoms with van der Waals surface area (Å²) < 4.78 is 0. The topological polar surface area (TPSA) is 83.7 Å². The molecule has 0 aliphatic carbocycles. The molecular weight excluding hydrogens is 272 g/mol. The third-order valence-electron chi connectivity index (χ3n) is 4.24. The first-order chi connectivity index (χ1) is 9.91. The van der Waals surface area contributed by atoms with Crippen LogP contribution < -0.4 is 4.90 Å². The number of carboxylic acids is 1. The molecule has 0 radical (unpaired) electrons. The van der Waals surface area contributed by atoms with E-state index >= 15 is 0 Å². The number of hydrogen-bond donors (Lipinski definition) is 1. The number of piperidine rings is 1. The molecule has 1 heterocycles. The van der Waals surface area contributed by atoms with Gasteiger partial charge in [0.1, 0.15) is 5.69 Å². The molecule has 1 aliphatic heterocycles. The van der Waals surface area contributed by atoms with E-state index in [0.717, 1.165) is 12.8 Å². The molecule has 0 amide bonds. The van der Waals surface area contributed by atoms with E-state index in [9.17, 15) is 20.0 Å². The lowest BCUT2D eigenvalue weighted by molar-refractivity contribution is -0.384. The van der Waals surface area contributed by atoms with Crippen molar-refractivity contribution in [1.29, 1.82) is 0 Å². The molecule has 0 saturated carbocycles. The molecule has 1 aromatic rings. The number of para-hydroxylation sites is 1. The summed E-state index contributed by atoms with van der Waals surface area (Å²) in [6.07, 6.45) is 1.87. The van der Waals surface area contributed by atoms with Crippen molar-refractivity contribution in [3.63, 3.8) is 0 Å². The summed E-state index contributed by atoms with van der Waals surface area (Å²) in [5.41, 5.74) is 0.127. The van der Waals surface area contributed by atoms with Crippen LogP contribution in [0.5, 0.6) is 0 Å². The highest BCUT2D eigenvalue weighted by Gasteiger charge is 2.29. The molecule has 0 unspecified atom stereocenters. The van der Waals surface area contributed by atoms with Crippen LogP contribution in [0.4, 0.5) is 11.4 Å². The van der Waals surface area contributed by atoms with Crippen molar-refractivity contribution in [2.24, 2.45) is 11.8 Å². The maximum atomic E-state index is 11.4. The number of carbonyl (C=O) groups is 1. The summed E-state index contributed by atoms with van der Waals surface area (Å²) in [5, 5.41) is 20.5. The fraction of sp³-hybridized carbons (Fsp3) is 0.533. The van der Waals surface area contributed by atoms with Gasteiger partial charge in [-0.05, 0) is 30.7 Å². The quantitative estimate of drug-likeness (QED) is 0.680. The van der Waals surface area contributed by atoms with Crippen LogP contribution in [0.3, 0.4) is 0 Å². The van der Waals surface area contributed by atoms with E-state index in [1.54, 1.807) is 0 Å². The van der Waals surface area contributed by atoms with E-state index < -0.39 is 10.9 Å². The Morgan fingerprint density at radius 3 is 2.48 bits per heavy atom. The Morgan fingerprint density at radius 2 is 2.00 bits per heavy atom. The third kappa shape index (κ3) is 3.15. The Bertz CT molecular complexity index is 516. The van der Waals surface area contributed by atoms with Crippen LogP contribution in [0.25, 0.3) is 0 Å². The van der Waals surface area contributed by atoms with Gasteiger partial charge in [0, 0.05) is 19.2 Å². The molecule has 0 atom stereocenters. The zero-order valence-electron chi connectivity index (χ0n) is 12.3. The van der Waals surface area contributed by atoms with Gasteiger partial charge in [-0.2, -0.15) is 0 Å². The molecule has 21 heavy (non-hydrogen) atoms. The maximum absolute atomic E-state index is 11.4. The highest BCUT2D eigenvalue weighted by Crippen LogP contribution is 2.36. The fourth-order valence-corrected chi connectivity index (χ4v) is 2.97. The second-order valence-electron chi connectivity index (χ2n) is 5.80. The van der Waals surface area contributed by atoms with Crippen LogP contribution in [0.2, 0.25) is 0 Å². The number of hydrogen-bond acceptors (Lipinski definition) is 4. The Morgan fingerprint density at radius 1 is 1.38 bits per heavy atom. The number of rotatable bonds is 4. The Hall–Kier alpha value is -2.11. The molecule has 6 nitrogen and oxygen atoms in total.